The molecule has 1 aromatic rings. The number of nitro benzene ring substituents is 1. The molecule has 8 nitrogen and oxygen atoms in total. The van der Waals surface area contributed by atoms with E-state index in [0.29, 0.717) is 0 Å². The maximum absolute atomic E-state index is 11.5. The van der Waals surface area contributed by atoms with Crippen LogP contribution < -0.4 is 9.88 Å². The Bertz CT molecular complexity index is 626. The van der Waals surface area contributed by atoms with E-state index >= 15 is 0 Å². The first kappa shape index (κ1) is 15.7. The first-order valence-corrected chi connectivity index (χ1v) is 8.09. The number of hydrogen-bond acceptors (Lipinski definition) is 6. The molecular weight excluding hydrogens is 298 g/mol. The second-order valence-electron chi connectivity index (χ2n) is 4.86. The molecule has 0 radical (unpaired) electrons. The van der Waals surface area contributed by atoms with Crippen LogP contribution in [0.2, 0.25) is 0 Å². The van der Waals surface area contributed by atoms with Gasteiger partial charge in [-0.1, -0.05) is 12.5 Å². The lowest BCUT2D eigenvalue weighted by molar-refractivity contribution is -0.386. The van der Waals surface area contributed by atoms with Crippen molar-refractivity contribution >= 4 is 15.7 Å². The number of rotatable bonds is 5. The van der Waals surface area contributed by atoms with E-state index in [1.165, 1.54) is 18.2 Å². The SMILES string of the molecule is NS(=O)(=O)c1cccc([N+](=O)[O-])c1OCN1CCCCC1. The van der Waals surface area contributed by atoms with Crippen molar-refractivity contribution in [2.24, 2.45) is 5.14 Å². The van der Waals surface area contributed by atoms with Gasteiger partial charge in [-0.3, -0.25) is 15.0 Å². The van der Waals surface area contributed by atoms with Crippen molar-refractivity contribution in [1.82, 2.24) is 4.90 Å². The molecule has 1 aromatic carbocycles. The Kier molecular flexibility index (Phi) is 4.76. The number of nitrogens with two attached hydrogens (primary N) is 1. The van der Waals surface area contributed by atoms with Crippen LogP contribution in [0.3, 0.4) is 0 Å². The second kappa shape index (κ2) is 6.37. The molecule has 1 saturated heterocycles. The summed E-state index contributed by atoms with van der Waals surface area (Å²) < 4.78 is 28.5. The molecule has 0 spiro atoms. The predicted octanol–water partition coefficient (Wildman–Crippen LogP) is 1.06. The fourth-order valence-electron chi connectivity index (χ4n) is 2.26. The van der Waals surface area contributed by atoms with Gasteiger partial charge in [-0.2, -0.15) is 0 Å². The van der Waals surface area contributed by atoms with E-state index in [2.05, 4.69) is 0 Å². The summed E-state index contributed by atoms with van der Waals surface area (Å²) in [4.78, 5) is 12.0. The van der Waals surface area contributed by atoms with Crippen LogP contribution in [0.15, 0.2) is 23.1 Å². The van der Waals surface area contributed by atoms with Crippen LogP contribution in [0.5, 0.6) is 5.75 Å². The smallest absolute Gasteiger partial charge is 0.312 e. The number of ether oxygens (including phenoxy) is 1. The Balaban J connectivity index is 2.28. The van der Waals surface area contributed by atoms with Gasteiger partial charge in [-0.25, -0.2) is 13.6 Å². The maximum atomic E-state index is 11.5. The molecule has 2 rings (SSSR count). The van der Waals surface area contributed by atoms with Gasteiger partial charge < -0.3 is 4.74 Å². The zero-order valence-electron chi connectivity index (χ0n) is 11.4. The van der Waals surface area contributed by atoms with Crippen molar-refractivity contribution in [2.45, 2.75) is 24.2 Å². The van der Waals surface area contributed by atoms with Crippen LogP contribution in [0.4, 0.5) is 5.69 Å². The molecule has 1 aliphatic rings. The summed E-state index contributed by atoms with van der Waals surface area (Å²) in [5, 5.41) is 16.1. The van der Waals surface area contributed by atoms with E-state index in [-0.39, 0.29) is 17.4 Å². The second-order valence-corrected chi connectivity index (χ2v) is 6.39. The molecule has 0 aromatic heterocycles. The maximum Gasteiger partial charge on any atom is 0.312 e. The Morgan fingerprint density at radius 2 is 1.95 bits per heavy atom. The predicted molar refractivity (Wildman–Crippen MR) is 75.4 cm³/mol. The lowest BCUT2D eigenvalue weighted by atomic mass is 10.1. The molecular formula is C12H17N3O5S. The minimum Gasteiger partial charge on any atom is -0.470 e. The molecule has 0 bridgehead atoms. The van der Waals surface area contributed by atoms with E-state index in [1.54, 1.807) is 0 Å². The molecule has 21 heavy (non-hydrogen) atoms. The van der Waals surface area contributed by atoms with Crippen molar-refractivity contribution < 1.29 is 18.1 Å². The molecule has 0 amide bonds. The van der Waals surface area contributed by atoms with Crippen molar-refractivity contribution in [3.05, 3.63) is 28.3 Å². The highest BCUT2D eigenvalue weighted by molar-refractivity contribution is 7.89. The van der Waals surface area contributed by atoms with Crippen LogP contribution in [0.1, 0.15) is 19.3 Å². The zero-order valence-corrected chi connectivity index (χ0v) is 12.2. The average molecular weight is 315 g/mol. The summed E-state index contributed by atoms with van der Waals surface area (Å²) in [6.07, 6.45) is 3.20. The van der Waals surface area contributed by atoms with Gasteiger partial charge in [0.25, 0.3) is 0 Å². The van der Waals surface area contributed by atoms with Gasteiger partial charge in [0.2, 0.25) is 15.8 Å². The number of piperidine rings is 1. The van der Waals surface area contributed by atoms with Gasteiger partial charge in [-0.15, -0.1) is 0 Å². The van der Waals surface area contributed by atoms with Gasteiger partial charge in [0, 0.05) is 19.2 Å². The first-order chi connectivity index (χ1) is 9.89. The van der Waals surface area contributed by atoms with Crippen LogP contribution in [0, 0.1) is 10.1 Å². The number of nitro groups is 1. The van der Waals surface area contributed by atoms with Crippen LogP contribution >= 0.6 is 0 Å². The van der Waals surface area contributed by atoms with E-state index in [0.717, 1.165) is 32.4 Å². The van der Waals surface area contributed by atoms with Crippen molar-refractivity contribution in [3.63, 3.8) is 0 Å². The van der Waals surface area contributed by atoms with E-state index in [4.69, 9.17) is 9.88 Å². The summed E-state index contributed by atoms with van der Waals surface area (Å²) in [6, 6.07) is 3.67. The zero-order chi connectivity index (χ0) is 15.5. The summed E-state index contributed by atoms with van der Waals surface area (Å²) in [7, 11) is -4.09. The summed E-state index contributed by atoms with van der Waals surface area (Å²) >= 11 is 0. The van der Waals surface area contributed by atoms with Crippen LogP contribution in [0.25, 0.3) is 0 Å². The normalized spacial score (nSPS) is 16.6. The lowest BCUT2D eigenvalue weighted by Gasteiger charge is -2.26. The Hall–Kier alpha value is -1.71. The fourth-order valence-corrected chi connectivity index (χ4v) is 2.95. The number of hydrogen-bond donors (Lipinski definition) is 1. The quantitative estimate of drug-likeness (QED) is 0.641. The molecule has 1 heterocycles. The van der Waals surface area contributed by atoms with E-state index < -0.39 is 20.6 Å². The van der Waals surface area contributed by atoms with Gasteiger partial charge in [0.1, 0.15) is 11.6 Å². The molecule has 1 aliphatic heterocycles. The number of likely N-dealkylation sites (tertiary alicyclic amines) is 1. The summed E-state index contributed by atoms with van der Waals surface area (Å²) in [5.74, 6) is -0.296. The average Bonchev–Trinajstić information content (AvgIpc) is 2.44. The van der Waals surface area contributed by atoms with Crippen molar-refractivity contribution in [1.29, 1.82) is 0 Å². The third-order valence-electron chi connectivity index (χ3n) is 3.30. The Morgan fingerprint density at radius 1 is 1.29 bits per heavy atom. The van der Waals surface area contributed by atoms with Gasteiger partial charge in [0.15, 0.2) is 0 Å². The number of para-hydroxylation sites is 1. The van der Waals surface area contributed by atoms with Crippen molar-refractivity contribution in [2.75, 3.05) is 19.8 Å². The minimum atomic E-state index is -4.09. The molecule has 0 unspecified atom stereocenters. The third-order valence-corrected chi connectivity index (χ3v) is 4.24. The molecule has 0 aliphatic carbocycles. The molecule has 0 atom stereocenters. The van der Waals surface area contributed by atoms with Gasteiger partial charge in [-0.05, 0) is 18.9 Å². The highest BCUT2D eigenvalue weighted by atomic mass is 32.2. The molecule has 2 N–H and O–H groups in total. The lowest BCUT2D eigenvalue weighted by Crippen LogP contribution is -2.33. The Labute approximate surface area is 122 Å². The molecule has 116 valence electrons. The molecule has 0 saturated carbocycles. The van der Waals surface area contributed by atoms with Gasteiger partial charge in [0.05, 0.1) is 4.92 Å². The van der Waals surface area contributed by atoms with Crippen LogP contribution in [-0.2, 0) is 10.0 Å². The summed E-state index contributed by atoms with van der Waals surface area (Å²) in [5.41, 5.74) is -0.404. The molecule has 1 fully saturated rings. The number of primary sulfonamides is 1. The molecule has 9 heteroatoms. The minimum absolute atomic E-state index is 0.105. The third kappa shape index (κ3) is 3.90. The number of nitrogens with zero attached hydrogens (tertiary/aromatic N) is 2. The highest BCUT2D eigenvalue weighted by Gasteiger charge is 2.25. The standard InChI is InChI=1S/C12H17N3O5S/c13-21(18,19)11-6-4-5-10(15(16)17)12(11)20-9-14-7-2-1-3-8-14/h4-6H,1-3,7-9H2,(H2,13,18,19). The topological polar surface area (TPSA) is 116 Å². The number of sulfonamides is 1. The monoisotopic (exact) mass is 315 g/mol. The van der Waals surface area contributed by atoms with Crippen LogP contribution in [-0.4, -0.2) is 38.1 Å². The first-order valence-electron chi connectivity index (χ1n) is 6.55. The fraction of sp³-hybridized carbons (Fsp3) is 0.500. The Morgan fingerprint density at radius 3 is 2.52 bits per heavy atom. The van der Waals surface area contributed by atoms with Crippen molar-refractivity contribution in [3.8, 4) is 5.75 Å². The van der Waals surface area contributed by atoms with Gasteiger partial charge >= 0.3 is 5.69 Å². The summed E-state index contributed by atoms with van der Waals surface area (Å²) in [6.45, 7) is 1.75. The van der Waals surface area contributed by atoms with E-state index in [9.17, 15) is 18.5 Å². The van der Waals surface area contributed by atoms with E-state index in [1.807, 2.05) is 4.90 Å². The number of benzene rings is 1. The largest absolute Gasteiger partial charge is 0.470 e. The highest BCUT2D eigenvalue weighted by Crippen LogP contribution is 2.33.